The molecule has 0 aromatic heterocycles. The molecule has 0 unspecified atom stereocenters. The van der Waals surface area contributed by atoms with Crippen molar-refractivity contribution in [2.45, 2.75) is 38.2 Å². The molecule has 1 aliphatic carbocycles. The Hall–Kier alpha value is 0.110. The van der Waals surface area contributed by atoms with Crippen LogP contribution in [-0.2, 0) is 4.74 Å². The minimum Gasteiger partial charge on any atom is -0.453 e. The zero-order valence-electron chi connectivity index (χ0n) is 6.22. The third-order valence-corrected chi connectivity index (χ3v) is 2.48. The van der Waals surface area contributed by atoms with Crippen LogP contribution in [0.3, 0.4) is 0 Å². The third-order valence-electron chi connectivity index (χ3n) is 1.88. The average Bonchev–Trinajstić information content (AvgIpc) is 2.06. The Morgan fingerprint density at radius 1 is 1.36 bits per heavy atom. The molecule has 2 nitrogen and oxygen atoms in total. The molecule has 0 aliphatic heterocycles. The van der Waals surface area contributed by atoms with Gasteiger partial charge in [0.1, 0.15) is 6.10 Å². The Morgan fingerprint density at radius 3 is 2.55 bits per heavy atom. The Balaban J connectivity index is 2.19. The van der Waals surface area contributed by atoms with Crippen LogP contribution in [0.2, 0.25) is 0 Å². The molecular weight excluding hydrogens is 184 g/mol. The van der Waals surface area contributed by atoms with Crippen molar-refractivity contribution in [1.29, 1.82) is 0 Å². The van der Waals surface area contributed by atoms with Gasteiger partial charge in [-0.1, -0.05) is 6.42 Å². The second-order valence-corrected chi connectivity index (χ2v) is 3.66. The van der Waals surface area contributed by atoms with Gasteiger partial charge in [0.2, 0.25) is 0 Å². The SMILES string of the molecule is O=C(OC1CCCCC1)SCl. The van der Waals surface area contributed by atoms with E-state index in [2.05, 4.69) is 0 Å². The summed E-state index contributed by atoms with van der Waals surface area (Å²) < 4.78 is 5.03. The van der Waals surface area contributed by atoms with E-state index in [1.165, 1.54) is 19.3 Å². The molecule has 0 aromatic carbocycles. The highest BCUT2D eigenvalue weighted by Gasteiger charge is 2.17. The van der Waals surface area contributed by atoms with E-state index in [1.807, 2.05) is 0 Å². The van der Waals surface area contributed by atoms with Crippen molar-refractivity contribution in [3.8, 4) is 0 Å². The normalized spacial score (nSPS) is 19.7. The highest BCUT2D eigenvalue weighted by atomic mass is 35.7. The van der Waals surface area contributed by atoms with Crippen molar-refractivity contribution >= 4 is 27.0 Å². The van der Waals surface area contributed by atoms with Crippen LogP contribution in [0.5, 0.6) is 0 Å². The lowest BCUT2D eigenvalue weighted by Crippen LogP contribution is -2.17. The van der Waals surface area contributed by atoms with Gasteiger partial charge in [-0.2, -0.15) is 0 Å². The highest BCUT2D eigenvalue weighted by molar-refractivity contribution is 8.32. The first kappa shape index (κ1) is 9.20. The molecule has 64 valence electrons. The number of carbonyl (C=O) groups excluding carboxylic acids is 1. The molecule has 1 aliphatic rings. The lowest BCUT2D eigenvalue weighted by molar-refractivity contribution is 0.0970. The fraction of sp³-hybridized carbons (Fsp3) is 0.857. The Bertz CT molecular complexity index is 134. The van der Waals surface area contributed by atoms with E-state index in [0.29, 0.717) is 11.0 Å². The first-order chi connectivity index (χ1) is 5.33. The zero-order chi connectivity index (χ0) is 8.10. The highest BCUT2D eigenvalue weighted by Crippen LogP contribution is 2.23. The molecular formula is C7H11ClO2S. The molecule has 0 atom stereocenters. The van der Waals surface area contributed by atoms with Crippen LogP contribution < -0.4 is 0 Å². The fourth-order valence-electron chi connectivity index (χ4n) is 1.34. The van der Waals surface area contributed by atoms with Gasteiger partial charge in [0.05, 0.1) is 11.0 Å². The summed E-state index contributed by atoms with van der Waals surface area (Å²) >= 11 is 0. The summed E-state index contributed by atoms with van der Waals surface area (Å²) in [5.74, 6) is 0. The van der Waals surface area contributed by atoms with E-state index in [4.69, 9.17) is 15.4 Å². The van der Waals surface area contributed by atoms with Crippen LogP contribution in [-0.4, -0.2) is 11.4 Å². The molecule has 0 heterocycles. The van der Waals surface area contributed by atoms with Crippen LogP contribution in [0, 0.1) is 0 Å². The van der Waals surface area contributed by atoms with Gasteiger partial charge in [0, 0.05) is 0 Å². The maximum atomic E-state index is 10.7. The third kappa shape index (κ3) is 3.34. The van der Waals surface area contributed by atoms with Crippen LogP contribution in [0.4, 0.5) is 4.79 Å². The largest absolute Gasteiger partial charge is 0.453 e. The number of rotatable bonds is 1. The van der Waals surface area contributed by atoms with Crippen molar-refractivity contribution in [2.75, 3.05) is 0 Å². The number of carbonyl (C=O) groups is 1. The van der Waals surface area contributed by atoms with Gasteiger partial charge in [-0.05, 0) is 36.4 Å². The summed E-state index contributed by atoms with van der Waals surface area (Å²) in [6.07, 6.45) is 5.74. The molecule has 0 aromatic rings. The topological polar surface area (TPSA) is 26.3 Å². The molecule has 4 heteroatoms. The molecule has 11 heavy (non-hydrogen) atoms. The molecule has 0 radical (unpaired) electrons. The van der Waals surface area contributed by atoms with Gasteiger partial charge < -0.3 is 4.74 Å². The molecule has 1 fully saturated rings. The minimum absolute atomic E-state index is 0.127. The smallest absolute Gasteiger partial charge is 0.383 e. The van der Waals surface area contributed by atoms with Gasteiger partial charge >= 0.3 is 5.30 Å². The van der Waals surface area contributed by atoms with Crippen molar-refractivity contribution < 1.29 is 9.53 Å². The number of hydrogen-bond acceptors (Lipinski definition) is 3. The summed E-state index contributed by atoms with van der Waals surface area (Å²) in [5.41, 5.74) is 0. The van der Waals surface area contributed by atoms with Crippen molar-refractivity contribution in [1.82, 2.24) is 0 Å². The van der Waals surface area contributed by atoms with Gasteiger partial charge in [0.25, 0.3) is 0 Å². The molecule has 0 bridgehead atoms. The molecule has 0 spiro atoms. The minimum atomic E-state index is -0.362. The summed E-state index contributed by atoms with van der Waals surface area (Å²) in [5, 5.41) is -0.362. The zero-order valence-corrected chi connectivity index (χ0v) is 7.79. The summed E-state index contributed by atoms with van der Waals surface area (Å²) in [4.78, 5) is 10.7. The van der Waals surface area contributed by atoms with Crippen LogP contribution in [0.25, 0.3) is 0 Å². The summed E-state index contributed by atoms with van der Waals surface area (Å²) in [7, 11) is 5.84. The molecule has 1 saturated carbocycles. The van der Waals surface area contributed by atoms with E-state index in [9.17, 15) is 4.79 Å². The van der Waals surface area contributed by atoms with Gasteiger partial charge in [0.15, 0.2) is 0 Å². The van der Waals surface area contributed by atoms with E-state index in [-0.39, 0.29) is 11.4 Å². The first-order valence-electron chi connectivity index (χ1n) is 3.82. The Labute approximate surface area is 75.1 Å². The number of halogens is 1. The van der Waals surface area contributed by atoms with Crippen molar-refractivity contribution in [2.24, 2.45) is 0 Å². The average molecular weight is 195 g/mol. The fourth-order valence-corrected chi connectivity index (χ4v) is 1.62. The van der Waals surface area contributed by atoms with Gasteiger partial charge in [-0.15, -0.1) is 0 Å². The van der Waals surface area contributed by atoms with E-state index < -0.39 is 0 Å². The Morgan fingerprint density at radius 2 is 2.00 bits per heavy atom. The second-order valence-electron chi connectivity index (χ2n) is 2.71. The predicted octanol–water partition coefficient (Wildman–Crippen LogP) is 3.34. The standard InChI is InChI=1S/C7H11ClO2S/c8-11-7(9)10-6-4-2-1-3-5-6/h6H,1-5H2. The Kier molecular flexibility index (Phi) is 4.08. The van der Waals surface area contributed by atoms with Crippen molar-refractivity contribution in [3.63, 3.8) is 0 Å². The quantitative estimate of drug-likeness (QED) is 0.599. The van der Waals surface area contributed by atoms with Crippen molar-refractivity contribution in [3.05, 3.63) is 0 Å². The maximum absolute atomic E-state index is 10.7. The molecule has 0 saturated heterocycles. The van der Waals surface area contributed by atoms with Crippen LogP contribution in [0.1, 0.15) is 32.1 Å². The maximum Gasteiger partial charge on any atom is 0.383 e. The van der Waals surface area contributed by atoms with E-state index in [1.54, 1.807) is 0 Å². The van der Waals surface area contributed by atoms with E-state index in [0.717, 1.165) is 12.8 Å². The monoisotopic (exact) mass is 194 g/mol. The second kappa shape index (κ2) is 4.88. The predicted molar refractivity (Wildman–Crippen MR) is 46.8 cm³/mol. The molecule has 0 N–H and O–H groups in total. The van der Waals surface area contributed by atoms with Gasteiger partial charge in [-0.25, -0.2) is 4.79 Å². The molecule has 0 amide bonds. The summed E-state index contributed by atoms with van der Waals surface area (Å²) in [6.45, 7) is 0. The molecule has 1 rings (SSSR count). The first-order valence-corrected chi connectivity index (χ1v) is 5.46. The van der Waals surface area contributed by atoms with E-state index >= 15 is 0 Å². The number of hydrogen-bond donors (Lipinski definition) is 0. The lowest BCUT2D eigenvalue weighted by atomic mass is 9.98. The van der Waals surface area contributed by atoms with Crippen LogP contribution in [0.15, 0.2) is 0 Å². The van der Waals surface area contributed by atoms with Gasteiger partial charge in [-0.3, -0.25) is 0 Å². The number of ether oxygens (including phenoxy) is 1. The lowest BCUT2D eigenvalue weighted by Gasteiger charge is -2.20. The van der Waals surface area contributed by atoms with Crippen LogP contribution >= 0.6 is 21.7 Å². The summed E-state index contributed by atoms with van der Waals surface area (Å²) in [6, 6.07) is 0.